The van der Waals surface area contributed by atoms with Crippen molar-refractivity contribution in [3.8, 4) is 0 Å². The minimum Gasteiger partial charge on any atom is -0.355 e. The van der Waals surface area contributed by atoms with Crippen LogP contribution in [0.4, 0.5) is 0 Å². The van der Waals surface area contributed by atoms with Crippen LogP contribution < -0.4 is 5.32 Å². The zero-order valence-corrected chi connectivity index (χ0v) is 10.4. The Morgan fingerprint density at radius 1 is 1.12 bits per heavy atom. The third-order valence-corrected chi connectivity index (χ3v) is 5.19. The third kappa shape index (κ3) is 1.85. The van der Waals surface area contributed by atoms with Crippen LogP contribution >= 0.6 is 11.6 Å². The van der Waals surface area contributed by atoms with Gasteiger partial charge in [0.25, 0.3) is 0 Å². The van der Waals surface area contributed by atoms with Crippen molar-refractivity contribution in [3.63, 3.8) is 0 Å². The predicted octanol–water partition coefficient (Wildman–Crippen LogP) is 2.56. The van der Waals surface area contributed by atoms with E-state index in [1.54, 1.807) is 0 Å². The summed E-state index contributed by atoms with van der Waals surface area (Å²) >= 11 is 5.53. The molecule has 0 aromatic heterocycles. The van der Waals surface area contributed by atoms with Gasteiger partial charge in [0, 0.05) is 6.54 Å². The van der Waals surface area contributed by atoms with E-state index in [2.05, 4.69) is 5.32 Å². The van der Waals surface area contributed by atoms with Crippen molar-refractivity contribution in [2.24, 2.45) is 23.2 Å². The molecule has 4 aliphatic carbocycles. The van der Waals surface area contributed by atoms with Gasteiger partial charge in [0.1, 0.15) is 5.88 Å². The van der Waals surface area contributed by atoms with Gasteiger partial charge in [0.05, 0.1) is 0 Å². The van der Waals surface area contributed by atoms with Crippen molar-refractivity contribution in [2.75, 3.05) is 12.4 Å². The van der Waals surface area contributed by atoms with Gasteiger partial charge in [0.15, 0.2) is 0 Å². The summed E-state index contributed by atoms with van der Waals surface area (Å²) in [5, 5.41) is 3.02. The molecule has 4 fully saturated rings. The zero-order chi connectivity index (χ0) is 11.2. The van der Waals surface area contributed by atoms with Crippen molar-refractivity contribution in [1.82, 2.24) is 5.32 Å². The van der Waals surface area contributed by atoms with Crippen molar-refractivity contribution in [1.29, 1.82) is 0 Å². The highest BCUT2D eigenvalue weighted by Crippen LogP contribution is 2.59. The molecule has 0 radical (unpaired) electrons. The molecule has 16 heavy (non-hydrogen) atoms. The standard InChI is InChI=1S/C13H20ClNO/c14-7-12(16)15-8-13-4-9-1-10(5-13)3-11(2-9)6-13/h9-11H,1-8H2,(H,15,16). The minimum atomic E-state index is -0.00240. The summed E-state index contributed by atoms with van der Waals surface area (Å²) in [7, 11) is 0. The van der Waals surface area contributed by atoms with E-state index in [1.807, 2.05) is 0 Å². The van der Waals surface area contributed by atoms with Gasteiger partial charge in [-0.1, -0.05) is 0 Å². The van der Waals surface area contributed by atoms with Crippen LogP contribution in [-0.2, 0) is 4.79 Å². The Balaban J connectivity index is 1.67. The van der Waals surface area contributed by atoms with E-state index < -0.39 is 0 Å². The van der Waals surface area contributed by atoms with E-state index in [1.165, 1.54) is 38.5 Å². The Kier molecular flexibility index (Phi) is 2.66. The average Bonchev–Trinajstić information content (AvgIpc) is 2.24. The molecule has 0 aromatic carbocycles. The molecule has 0 aliphatic heterocycles. The van der Waals surface area contributed by atoms with Gasteiger partial charge in [-0.3, -0.25) is 4.79 Å². The Hall–Kier alpha value is -0.240. The molecule has 4 aliphatic rings. The van der Waals surface area contributed by atoms with Crippen molar-refractivity contribution >= 4 is 17.5 Å². The molecule has 0 aromatic rings. The number of rotatable bonds is 3. The third-order valence-electron chi connectivity index (χ3n) is 4.95. The molecule has 3 heteroatoms. The topological polar surface area (TPSA) is 29.1 Å². The smallest absolute Gasteiger partial charge is 0.234 e. The lowest BCUT2D eigenvalue weighted by molar-refractivity contribution is -0.120. The van der Waals surface area contributed by atoms with E-state index in [9.17, 15) is 4.79 Å². The average molecular weight is 242 g/mol. The molecule has 2 nitrogen and oxygen atoms in total. The molecule has 0 atom stereocenters. The number of amides is 1. The second-order valence-corrected chi connectivity index (χ2v) is 6.60. The largest absolute Gasteiger partial charge is 0.355 e. The quantitative estimate of drug-likeness (QED) is 0.756. The lowest BCUT2D eigenvalue weighted by Crippen LogP contribution is -2.51. The van der Waals surface area contributed by atoms with Crippen molar-refractivity contribution in [3.05, 3.63) is 0 Å². The summed E-state index contributed by atoms with van der Waals surface area (Å²) in [6.07, 6.45) is 8.43. The lowest BCUT2D eigenvalue weighted by Gasteiger charge is -2.56. The fourth-order valence-electron chi connectivity index (χ4n) is 4.84. The second-order valence-electron chi connectivity index (χ2n) is 6.33. The summed E-state index contributed by atoms with van der Waals surface area (Å²) < 4.78 is 0. The highest BCUT2D eigenvalue weighted by Gasteiger charge is 2.50. The summed E-state index contributed by atoms with van der Waals surface area (Å²) in [6, 6.07) is 0. The van der Waals surface area contributed by atoms with E-state index in [0.717, 1.165) is 24.3 Å². The first kappa shape index (κ1) is 10.9. The maximum Gasteiger partial charge on any atom is 0.234 e. The van der Waals surface area contributed by atoms with Gasteiger partial charge >= 0.3 is 0 Å². The van der Waals surface area contributed by atoms with Crippen LogP contribution in [0.1, 0.15) is 38.5 Å². The summed E-state index contributed by atoms with van der Waals surface area (Å²) in [4.78, 5) is 11.3. The zero-order valence-electron chi connectivity index (χ0n) is 9.68. The summed E-state index contributed by atoms with van der Waals surface area (Å²) in [5.41, 5.74) is 0.441. The fraction of sp³-hybridized carbons (Fsp3) is 0.923. The van der Waals surface area contributed by atoms with Crippen molar-refractivity contribution < 1.29 is 4.79 Å². The molecule has 0 unspecified atom stereocenters. The van der Waals surface area contributed by atoms with E-state index in [-0.39, 0.29) is 11.8 Å². The summed E-state index contributed by atoms with van der Waals surface area (Å²) in [6.45, 7) is 0.877. The van der Waals surface area contributed by atoms with Gasteiger partial charge in [-0.25, -0.2) is 0 Å². The van der Waals surface area contributed by atoms with Gasteiger partial charge in [0.2, 0.25) is 5.91 Å². The molecular weight excluding hydrogens is 222 g/mol. The van der Waals surface area contributed by atoms with Gasteiger partial charge in [-0.2, -0.15) is 0 Å². The van der Waals surface area contributed by atoms with Gasteiger partial charge < -0.3 is 5.32 Å². The molecule has 1 N–H and O–H groups in total. The van der Waals surface area contributed by atoms with Crippen LogP contribution in [0.15, 0.2) is 0 Å². The maximum atomic E-state index is 11.3. The van der Waals surface area contributed by atoms with Gasteiger partial charge in [-0.15, -0.1) is 11.6 Å². The first-order valence-electron chi connectivity index (χ1n) is 6.52. The van der Waals surface area contributed by atoms with Crippen LogP contribution in [0.5, 0.6) is 0 Å². The number of carbonyl (C=O) groups is 1. The first-order chi connectivity index (χ1) is 7.69. The minimum absolute atomic E-state index is 0.00240. The molecule has 0 saturated heterocycles. The lowest BCUT2D eigenvalue weighted by atomic mass is 9.49. The first-order valence-corrected chi connectivity index (χ1v) is 7.05. The Morgan fingerprint density at radius 2 is 1.62 bits per heavy atom. The van der Waals surface area contributed by atoms with Gasteiger partial charge in [-0.05, 0) is 61.7 Å². The Morgan fingerprint density at radius 3 is 2.06 bits per heavy atom. The SMILES string of the molecule is O=C(CCl)NCC12CC3CC(CC(C3)C1)C2. The second kappa shape index (κ2) is 3.90. The number of halogens is 1. The molecule has 4 rings (SSSR count). The fourth-order valence-corrected chi connectivity index (χ4v) is 4.93. The highest BCUT2D eigenvalue weighted by molar-refractivity contribution is 6.27. The highest BCUT2D eigenvalue weighted by atomic mass is 35.5. The molecule has 0 heterocycles. The number of hydrogen-bond donors (Lipinski definition) is 1. The Bertz CT molecular complexity index is 267. The number of carbonyl (C=O) groups excluding carboxylic acids is 1. The summed E-state index contributed by atoms with van der Waals surface area (Å²) in [5.74, 6) is 2.97. The molecule has 0 spiro atoms. The monoisotopic (exact) mass is 241 g/mol. The van der Waals surface area contributed by atoms with Crippen LogP contribution in [-0.4, -0.2) is 18.3 Å². The van der Waals surface area contributed by atoms with E-state index in [0.29, 0.717) is 5.41 Å². The molecular formula is C13H20ClNO. The number of alkyl halides is 1. The van der Waals surface area contributed by atoms with E-state index >= 15 is 0 Å². The predicted molar refractivity (Wildman–Crippen MR) is 64.3 cm³/mol. The van der Waals surface area contributed by atoms with Crippen LogP contribution in [0.25, 0.3) is 0 Å². The molecule has 4 saturated carbocycles. The normalized spacial score (nSPS) is 44.7. The van der Waals surface area contributed by atoms with Crippen LogP contribution in [0.3, 0.4) is 0 Å². The number of nitrogens with one attached hydrogen (secondary N) is 1. The Labute approximate surface area is 102 Å². The maximum absolute atomic E-state index is 11.3. The van der Waals surface area contributed by atoms with Crippen molar-refractivity contribution in [2.45, 2.75) is 38.5 Å². The molecule has 1 amide bonds. The number of hydrogen-bond acceptors (Lipinski definition) is 1. The molecule has 90 valence electrons. The van der Waals surface area contributed by atoms with Crippen LogP contribution in [0, 0.1) is 23.2 Å². The molecule has 4 bridgehead atoms. The van der Waals surface area contributed by atoms with E-state index in [4.69, 9.17) is 11.6 Å². The van der Waals surface area contributed by atoms with Crippen LogP contribution in [0.2, 0.25) is 0 Å².